The highest BCUT2D eigenvalue weighted by Gasteiger charge is 2.39. The molecule has 0 amide bonds. The molecule has 4 heteroatoms. The second kappa shape index (κ2) is 8.14. The maximum Gasteiger partial charge on any atom is 0.0619 e. The highest BCUT2D eigenvalue weighted by molar-refractivity contribution is 5.37. The van der Waals surface area contributed by atoms with E-state index in [0.29, 0.717) is 23.9 Å². The number of nitrogens with two attached hydrogens (primary N) is 1. The maximum absolute atomic E-state index is 9.53. The van der Waals surface area contributed by atoms with Crippen molar-refractivity contribution in [1.82, 2.24) is 0 Å². The normalized spacial score (nSPS) is 38.6. The van der Waals surface area contributed by atoms with Crippen LogP contribution in [0, 0.1) is 17.8 Å². The first-order valence-corrected chi connectivity index (χ1v) is 10.6. The Morgan fingerprint density at radius 1 is 1.19 bits per heavy atom. The summed E-state index contributed by atoms with van der Waals surface area (Å²) in [5.41, 5.74) is 9.13. The monoisotopic (exact) mass is 361 g/mol. The van der Waals surface area contributed by atoms with Crippen LogP contribution in [0.25, 0.3) is 0 Å². The third-order valence-corrected chi connectivity index (χ3v) is 7.13. The van der Waals surface area contributed by atoms with Crippen molar-refractivity contribution in [3.05, 3.63) is 23.3 Å². The zero-order valence-corrected chi connectivity index (χ0v) is 16.0. The van der Waals surface area contributed by atoms with Gasteiger partial charge in [-0.2, -0.15) is 0 Å². The second-order valence-corrected chi connectivity index (χ2v) is 9.10. The van der Waals surface area contributed by atoms with E-state index in [1.165, 1.54) is 19.3 Å². The van der Waals surface area contributed by atoms with Crippen LogP contribution in [0.5, 0.6) is 0 Å². The fourth-order valence-electron chi connectivity index (χ4n) is 5.37. The standard InChI is InChI=1S/C22H35NO3/c23-22(15-24)8-5-20(13-22)19-4-3-17-11-16(1-2-18(17)12-19)14-26-21-6-9-25-10-7-21/h3,12,16,19-21,24H,1-2,4-11,13-15,23H2/t16-,19?,20+,22-/m1/s1. The fourth-order valence-corrected chi connectivity index (χ4v) is 5.37. The van der Waals surface area contributed by atoms with Crippen molar-refractivity contribution in [2.75, 3.05) is 26.4 Å². The van der Waals surface area contributed by atoms with Crippen LogP contribution in [0.3, 0.4) is 0 Å². The number of aliphatic hydroxyl groups excluding tert-OH is 1. The second-order valence-electron chi connectivity index (χ2n) is 9.10. The van der Waals surface area contributed by atoms with Gasteiger partial charge < -0.3 is 20.3 Å². The van der Waals surface area contributed by atoms with Gasteiger partial charge in [-0.1, -0.05) is 12.2 Å². The van der Waals surface area contributed by atoms with E-state index >= 15 is 0 Å². The Bertz CT molecular complexity index is 552. The maximum atomic E-state index is 9.53. The first kappa shape index (κ1) is 18.7. The topological polar surface area (TPSA) is 64.7 Å². The number of fused-ring (bicyclic) bond motifs is 1. The number of hydrogen-bond acceptors (Lipinski definition) is 4. The molecular weight excluding hydrogens is 326 g/mol. The quantitative estimate of drug-likeness (QED) is 0.788. The molecule has 0 spiro atoms. The fraction of sp³-hybridized carbons (Fsp3) is 0.818. The minimum Gasteiger partial charge on any atom is -0.394 e. The first-order valence-electron chi connectivity index (χ1n) is 10.6. The molecule has 1 heterocycles. The van der Waals surface area contributed by atoms with Crippen molar-refractivity contribution in [2.24, 2.45) is 23.5 Å². The van der Waals surface area contributed by atoms with E-state index in [4.69, 9.17) is 15.2 Å². The number of aliphatic hydroxyl groups is 1. The van der Waals surface area contributed by atoms with Crippen LogP contribution < -0.4 is 5.73 Å². The van der Waals surface area contributed by atoms with Gasteiger partial charge in [-0.15, -0.1) is 0 Å². The molecule has 3 N–H and O–H groups in total. The number of rotatable bonds is 5. The molecule has 4 nitrogen and oxygen atoms in total. The summed E-state index contributed by atoms with van der Waals surface area (Å²) in [6.45, 7) is 2.75. The lowest BCUT2D eigenvalue weighted by Crippen LogP contribution is -2.41. The molecule has 26 heavy (non-hydrogen) atoms. The van der Waals surface area contributed by atoms with E-state index in [1.807, 2.05) is 0 Å². The zero-order valence-electron chi connectivity index (χ0n) is 16.0. The molecule has 3 fully saturated rings. The van der Waals surface area contributed by atoms with Crippen LogP contribution in [-0.4, -0.2) is 43.2 Å². The Kier molecular flexibility index (Phi) is 5.84. The number of ether oxygens (including phenoxy) is 2. The molecular formula is C22H35NO3. The van der Waals surface area contributed by atoms with Gasteiger partial charge >= 0.3 is 0 Å². The third-order valence-electron chi connectivity index (χ3n) is 7.13. The van der Waals surface area contributed by atoms with Crippen LogP contribution in [0.1, 0.15) is 57.8 Å². The van der Waals surface area contributed by atoms with Gasteiger partial charge in [0.1, 0.15) is 0 Å². The van der Waals surface area contributed by atoms with Gasteiger partial charge in [0.25, 0.3) is 0 Å². The number of allylic oxidation sites excluding steroid dienone is 4. The molecule has 1 unspecified atom stereocenters. The molecule has 2 saturated carbocycles. The molecule has 0 aromatic rings. The molecule has 3 aliphatic carbocycles. The average Bonchev–Trinajstić information content (AvgIpc) is 3.09. The minimum atomic E-state index is -0.327. The van der Waals surface area contributed by atoms with Gasteiger partial charge in [-0.25, -0.2) is 0 Å². The van der Waals surface area contributed by atoms with Crippen molar-refractivity contribution in [3.8, 4) is 0 Å². The smallest absolute Gasteiger partial charge is 0.0619 e. The predicted octanol–water partition coefficient (Wildman–Crippen LogP) is 3.34. The molecule has 0 bridgehead atoms. The van der Waals surface area contributed by atoms with E-state index in [2.05, 4.69) is 12.2 Å². The molecule has 1 saturated heterocycles. The first-order chi connectivity index (χ1) is 12.6. The summed E-state index contributed by atoms with van der Waals surface area (Å²) >= 11 is 0. The third kappa shape index (κ3) is 4.24. The van der Waals surface area contributed by atoms with Gasteiger partial charge in [0.15, 0.2) is 0 Å². The minimum absolute atomic E-state index is 0.128. The number of hydrogen-bond donors (Lipinski definition) is 2. The average molecular weight is 362 g/mol. The SMILES string of the molecule is N[C@]1(CO)CC[C@H](C2C=C3CC[C@@H](COC4CCOCC4)CC3=CC2)C1. The van der Waals surface area contributed by atoms with E-state index < -0.39 is 0 Å². The molecule has 4 aliphatic rings. The summed E-state index contributed by atoms with van der Waals surface area (Å²) < 4.78 is 11.6. The van der Waals surface area contributed by atoms with Gasteiger partial charge in [-0.05, 0) is 86.7 Å². The zero-order chi connectivity index (χ0) is 18.0. The summed E-state index contributed by atoms with van der Waals surface area (Å²) in [7, 11) is 0. The molecule has 4 rings (SSSR count). The van der Waals surface area contributed by atoms with Gasteiger partial charge in [0.05, 0.1) is 19.3 Å². The van der Waals surface area contributed by atoms with Gasteiger partial charge in [0.2, 0.25) is 0 Å². The highest BCUT2D eigenvalue weighted by atomic mass is 16.5. The summed E-state index contributed by atoms with van der Waals surface area (Å²) in [5.74, 6) is 1.95. The van der Waals surface area contributed by atoms with Crippen LogP contribution in [0.15, 0.2) is 23.3 Å². The summed E-state index contributed by atoms with van der Waals surface area (Å²) in [4.78, 5) is 0. The van der Waals surface area contributed by atoms with Gasteiger partial charge in [-0.3, -0.25) is 0 Å². The van der Waals surface area contributed by atoms with Crippen molar-refractivity contribution >= 4 is 0 Å². The van der Waals surface area contributed by atoms with Crippen molar-refractivity contribution in [3.63, 3.8) is 0 Å². The summed E-state index contributed by atoms with van der Waals surface area (Å²) in [6, 6.07) is 0. The molecule has 0 aromatic carbocycles. The van der Waals surface area contributed by atoms with Gasteiger partial charge in [0, 0.05) is 18.8 Å². The largest absolute Gasteiger partial charge is 0.394 e. The molecule has 4 atom stereocenters. The summed E-state index contributed by atoms with van der Waals surface area (Å²) in [6.07, 6.45) is 15.5. The van der Waals surface area contributed by atoms with Crippen LogP contribution in [0.4, 0.5) is 0 Å². The predicted molar refractivity (Wildman–Crippen MR) is 103 cm³/mol. The van der Waals surface area contributed by atoms with E-state index in [9.17, 15) is 5.11 Å². The Hall–Kier alpha value is -0.680. The van der Waals surface area contributed by atoms with Crippen LogP contribution in [0.2, 0.25) is 0 Å². The van der Waals surface area contributed by atoms with E-state index in [0.717, 1.165) is 58.3 Å². The van der Waals surface area contributed by atoms with Crippen LogP contribution in [-0.2, 0) is 9.47 Å². The van der Waals surface area contributed by atoms with Crippen LogP contribution >= 0.6 is 0 Å². The lowest BCUT2D eigenvalue weighted by molar-refractivity contribution is -0.0439. The lowest BCUT2D eigenvalue weighted by Gasteiger charge is -2.33. The van der Waals surface area contributed by atoms with E-state index in [-0.39, 0.29) is 12.1 Å². The van der Waals surface area contributed by atoms with Crippen molar-refractivity contribution in [1.29, 1.82) is 0 Å². The van der Waals surface area contributed by atoms with Crippen molar-refractivity contribution in [2.45, 2.75) is 69.4 Å². The Morgan fingerprint density at radius 3 is 2.81 bits per heavy atom. The molecule has 0 radical (unpaired) electrons. The Labute approximate surface area is 157 Å². The molecule has 0 aromatic heterocycles. The lowest BCUT2D eigenvalue weighted by atomic mass is 9.74. The van der Waals surface area contributed by atoms with Crippen molar-refractivity contribution < 1.29 is 14.6 Å². The Balaban J connectivity index is 1.28. The molecule has 146 valence electrons. The molecule has 1 aliphatic heterocycles. The van der Waals surface area contributed by atoms with E-state index in [1.54, 1.807) is 11.1 Å². The summed E-state index contributed by atoms with van der Waals surface area (Å²) in [5, 5.41) is 9.53. The highest BCUT2D eigenvalue weighted by Crippen LogP contribution is 2.44. The Morgan fingerprint density at radius 2 is 2.04 bits per heavy atom.